The Balaban J connectivity index is 1.46. The average molecular weight is 425 g/mol. The number of nitrogens with one attached hydrogen (secondary N) is 2. The van der Waals surface area contributed by atoms with Crippen LogP contribution in [0.3, 0.4) is 0 Å². The zero-order valence-corrected chi connectivity index (χ0v) is 17.4. The van der Waals surface area contributed by atoms with Gasteiger partial charge in [-0.25, -0.2) is 9.69 Å². The van der Waals surface area contributed by atoms with Crippen LogP contribution in [-0.4, -0.2) is 42.7 Å². The molecule has 0 saturated carbocycles. The summed E-state index contributed by atoms with van der Waals surface area (Å²) in [5.41, 5.74) is 0.0926. The van der Waals surface area contributed by atoms with Crippen LogP contribution < -0.4 is 24.8 Å². The smallest absolute Gasteiger partial charge is 0.326 e. The topological polar surface area (TPSA) is 106 Å². The van der Waals surface area contributed by atoms with E-state index in [4.69, 9.17) is 14.2 Å². The van der Waals surface area contributed by atoms with Crippen molar-refractivity contribution in [2.45, 2.75) is 32.0 Å². The molecular formula is C22H23N3O6. The van der Waals surface area contributed by atoms with Gasteiger partial charge >= 0.3 is 6.03 Å². The van der Waals surface area contributed by atoms with Crippen molar-refractivity contribution in [2.75, 3.05) is 13.9 Å². The normalized spacial score (nSPS) is 20.4. The largest absolute Gasteiger partial charge is 0.497 e. The number of hydrogen-bond acceptors (Lipinski definition) is 6. The highest BCUT2D eigenvalue weighted by atomic mass is 16.7. The first-order valence-corrected chi connectivity index (χ1v) is 9.80. The molecule has 9 heteroatoms. The molecule has 31 heavy (non-hydrogen) atoms. The lowest BCUT2D eigenvalue weighted by molar-refractivity contribution is -0.137. The van der Waals surface area contributed by atoms with Gasteiger partial charge in [0.05, 0.1) is 7.11 Å². The monoisotopic (exact) mass is 425 g/mol. The Morgan fingerprint density at radius 2 is 1.90 bits per heavy atom. The molecule has 162 valence electrons. The molecule has 1 fully saturated rings. The third-order valence-corrected chi connectivity index (χ3v) is 5.56. The lowest BCUT2D eigenvalue weighted by atomic mass is 9.91. The molecule has 2 heterocycles. The Kier molecular flexibility index (Phi) is 5.18. The fourth-order valence-electron chi connectivity index (χ4n) is 3.61. The first-order valence-electron chi connectivity index (χ1n) is 9.80. The summed E-state index contributed by atoms with van der Waals surface area (Å²) in [4.78, 5) is 39.5. The zero-order chi connectivity index (χ0) is 22.2. The van der Waals surface area contributed by atoms with Gasteiger partial charge in [0.2, 0.25) is 12.7 Å². The second-order valence-corrected chi connectivity index (χ2v) is 7.54. The van der Waals surface area contributed by atoms with E-state index in [1.165, 1.54) is 6.92 Å². The van der Waals surface area contributed by atoms with Gasteiger partial charge < -0.3 is 24.8 Å². The van der Waals surface area contributed by atoms with E-state index in [1.54, 1.807) is 44.4 Å². The van der Waals surface area contributed by atoms with Crippen LogP contribution in [0.4, 0.5) is 4.79 Å². The highest BCUT2D eigenvalue weighted by molar-refractivity contribution is 6.10. The molecule has 0 bridgehead atoms. The van der Waals surface area contributed by atoms with Gasteiger partial charge in [-0.15, -0.1) is 0 Å². The molecule has 0 spiro atoms. The fourth-order valence-corrected chi connectivity index (χ4v) is 3.61. The summed E-state index contributed by atoms with van der Waals surface area (Å²) in [5, 5.41) is 5.47. The van der Waals surface area contributed by atoms with Gasteiger partial charge in [-0.1, -0.05) is 18.2 Å². The molecule has 2 aromatic carbocycles. The van der Waals surface area contributed by atoms with Crippen molar-refractivity contribution in [3.63, 3.8) is 0 Å². The Bertz CT molecular complexity index is 1040. The number of fused-ring (bicyclic) bond motifs is 1. The summed E-state index contributed by atoms with van der Waals surface area (Å²) < 4.78 is 15.8. The summed E-state index contributed by atoms with van der Waals surface area (Å²) in [6.45, 7) is 3.49. The van der Waals surface area contributed by atoms with E-state index in [2.05, 4.69) is 10.6 Å². The molecule has 4 amide bonds. The summed E-state index contributed by atoms with van der Waals surface area (Å²) >= 11 is 0. The molecule has 2 aliphatic rings. The van der Waals surface area contributed by atoms with Crippen LogP contribution in [0.15, 0.2) is 42.5 Å². The minimum Gasteiger partial charge on any atom is -0.497 e. The third kappa shape index (κ3) is 3.63. The number of rotatable bonds is 6. The predicted octanol–water partition coefficient (Wildman–Crippen LogP) is 1.90. The fraction of sp³-hybridized carbons (Fsp3) is 0.318. The minimum atomic E-state index is -1.32. The number of carbonyl (C=O) groups is 3. The molecule has 2 atom stereocenters. The summed E-state index contributed by atoms with van der Waals surface area (Å²) in [7, 11) is 1.58. The summed E-state index contributed by atoms with van der Waals surface area (Å²) in [5.74, 6) is 0.847. The number of amides is 4. The van der Waals surface area contributed by atoms with Gasteiger partial charge in [-0.3, -0.25) is 9.59 Å². The van der Waals surface area contributed by atoms with E-state index in [0.717, 1.165) is 10.5 Å². The number of imide groups is 1. The number of ether oxygens (including phenoxy) is 3. The lowest BCUT2D eigenvalue weighted by Gasteiger charge is -2.24. The van der Waals surface area contributed by atoms with Crippen LogP contribution in [0.2, 0.25) is 0 Å². The van der Waals surface area contributed by atoms with E-state index in [-0.39, 0.29) is 13.3 Å². The molecule has 1 saturated heterocycles. The molecular weight excluding hydrogens is 402 g/mol. The van der Waals surface area contributed by atoms with Crippen molar-refractivity contribution in [2.24, 2.45) is 0 Å². The van der Waals surface area contributed by atoms with Gasteiger partial charge in [0.1, 0.15) is 17.3 Å². The van der Waals surface area contributed by atoms with Crippen LogP contribution in [0.25, 0.3) is 0 Å². The maximum Gasteiger partial charge on any atom is 0.326 e. The second-order valence-electron chi connectivity index (χ2n) is 7.54. The van der Waals surface area contributed by atoms with Crippen molar-refractivity contribution in [3.8, 4) is 17.2 Å². The molecule has 4 rings (SSSR count). The Labute approximate surface area is 179 Å². The van der Waals surface area contributed by atoms with Crippen LogP contribution >= 0.6 is 0 Å². The van der Waals surface area contributed by atoms with Crippen LogP contribution in [0, 0.1) is 0 Å². The quantitative estimate of drug-likeness (QED) is 0.685. The number of carbonyl (C=O) groups excluding carboxylic acids is 3. The number of benzene rings is 2. The van der Waals surface area contributed by atoms with Crippen molar-refractivity contribution in [1.29, 1.82) is 0 Å². The van der Waals surface area contributed by atoms with Gasteiger partial charge in [-0.2, -0.15) is 0 Å². The average Bonchev–Trinajstić information content (AvgIpc) is 3.33. The Morgan fingerprint density at radius 3 is 2.61 bits per heavy atom. The zero-order valence-electron chi connectivity index (χ0n) is 17.4. The maximum atomic E-state index is 13.2. The Morgan fingerprint density at radius 1 is 1.19 bits per heavy atom. The first kappa shape index (κ1) is 20.5. The molecule has 0 unspecified atom stereocenters. The molecule has 2 N–H and O–H groups in total. The molecule has 0 aromatic heterocycles. The summed E-state index contributed by atoms with van der Waals surface area (Å²) in [6.07, 6.45) is 0. The number of nitrogens with zero attached hydrogens (tertiary/aromatic N) is 1. The van der Waals surface area contributed by atoms with Crippen LogP contribution in [-0.2, 0) is 21.7 Å². The third-order valence-electron chi connectivity index (χ3n) is 5.56. The second kappa shape index (κ2) is 7.82. The standard InChI is InChI=1S/C22H23N3O6/c1-13(19(26)23-11-14-4-7-16(29-3)8-5-14)25-20(27)22(2,24-21(25)28)15-6-9-17-18(10-15)31-12-30-17/h4-10,13H,11-12H2,1-3H3,(H,23,26)(H,24,28)/t13-,22-/m1/s1. The first-order chi connectivity index (χ1) is 14.8. The number of hydrogen-bond donors (Lipinski definition) is 2. The van der Waals surface area contributed by atoms with Crippen LogP contribution in [0.5, 0.6) is 17.2 Å². The predicted molar refractivity (Wildman–Crippen MR) is 110 cm³/mol. The van der Waals surface area contributed by atoms with Crippen LogP contribution in [0.1, 0.15) is 25.0 Å². The van der Waals surface area contributed by atoms with E-state index < -0.39 is 29.4 Å². The van der Waals surface area contributed by atoms with Gasteiger partial charge in [0, 0.05) is 6.54 Å². The Hall–Kier alpha value is -3.75. The maximum absolute atomic E-state index is 13.2. The summed E-state index contributed by atoms with van der Waals surface area (Å²) in [6, 6.07) is 10.7. The molecule has 0 aliphatic carbocycles. The van der Waals surface area contributed by atoms with E-state index >= 15 is 0 Å². The van der Waals surface area contributed by atoms with Crippen molar-refractivity contribution < 1.29 is 28.6 Å². The van der Waals surface area contributed by atoms with E-state index in [1.807, 2.05) is 12.1 Å². The number of urea groups is 1. The highest BCUT2D eigenvalue weighted by Crippen LogP contribution is 2.38. The molecule has 2 aliphatic heterocycles. The number of methoxy groups -OCH3 is 1. The molecule has 0 radical (unpaired) electrons. The molecule has 2 aromatic rings. The SMILES string of the molecule is COc1ccc(CNC(=O)[C@@H](C)N2C(=O)N[C@](C)(c3ccc4c(c3)OCO4)C2=O)cc1. The van der Waals surface area contributed by atoms with Gasteiger partial charge in [-0.05, 0) is 49.2 Å². The van der Waals surface area contributed by atoms with E-state index in [9.17, 15) is 14.4 Å². The minimum absolute atomic E-state index is 0.104. The highest BCUT2D eigenvalue weighted by Gasteiger charge is 2.52. The molecule has 9 nitrogen and oxygen atoms in total. The van der Waals surface area contributed by atoms with Crippen molar-refractivity contribution >= 4 is 17.8 Å². The van der Waals surface area contributed by atoms with Crippen molar-refractivity contribution in [3.05, 3.63) is 53.6 Å². The lowest BCUT2D eigenvalue weighted by Crippen LogP contribution is -2.49. The van der Waals surface area contributed by atoms with Crippen molar-refractivity contribution in [1.82, 2.24) is 15.5 Å². The van der Waals surface area contributed by atoms with Gasteiger partial charge in [0.15, 0.2) is 11.5 Å². The van der Waals surface area contributed by atoms with Gasteiger partial charge in [0.25, 0.3) is 5.91 Å². The van der Waals surface area contributed by atoms with E-state index in [0.29, 0.717) is 22.8 Å².